The highest BCUT2D eigenvalue weighted by Crippen LogP contribution is 2.37. The first-order valence-corrected chi connectivity index (χ1v) is 5.01. The number of hydrogen-bond acceptors (Lipinski definition) is 3. The standard InChI is InChI=1S/C11H15N3/c1-3-8(2)13-10-6-7-12-11(14-10)9-4-5-9/h3,6-9H,1,4-5H2,2H3,(H,12,13,14). The third kappa shape index (κ3) is 2.10. The van der Waals surface area contributed by atoms with Gasteiger partial charge in [0, 0.05) is 18.2 Å². The molecule has 1 N–H and O–H groups in total. The average Bonchev–Trinajstić information content (AvgIpc) is 3.01. The van der Waals surface area contributed by atoms with E-state index in [1.807, 2.05) is 25.3 Å². The molecule has 1 aliphatic carbocycles. The van der Waals surface area contributed by atoms with E-state index >= 15 is 0 Å². The fourth-order valence-corrected chi connectivity index (χ4v) is 1.28. The summed E-state index contributed by atoms with van der Waals surface area (Å²) in [5, 5.41) is 3.25. The Morgan fingerprint density at radius 3 is 3.07 bits per heavy atom. The molecular weight excluding hydrogens is 174 g/mol. The van der Waals surface area contributed by atoms with E-state index in [9.17, 15) is 0 Å². The summed E-state index contributed by atoms with van der Waals surface area (Å²) in [6, 6.07) is 2.14. The summed E-state index contributed by atoms with van der Waals surface area (Å²) in [6.45, 7) is 5.77. The van der Waals surface area contributed by atoms with E-state index in [0.29, 0.717) is 5.92 Å². The van der Waals surface area contributed by atoms with Gasteiger partial charge in [0.2, 0.25) is 0 Å². The maximum absolute atomic E-state index is 4.45. The van der Waals surface area contributed by atoms with Crippen molar-refractivity contribution in [3.05, 3.63) is 30.7 Å². The minimum Gasteiger partial charge on any atom is -0.364 e. The van der Waals surface area contributed by atoms with Crippen LogP contribution in [0.15, 0.2) is 24.9 Å². The van der Waals surface area contributed by atoms with Crippen molar-refractivity contribution < 1.29 is 0 Å². The summed E-state index contributed by atoms with van der Waals surface area (Å²) in [4.78, 5) is 8.71. The molecule has 0 amide bonds. The molecule has 1 heterocycles. The molecule has 1 unspecified atom stereocenters. The van der Waals surface area contributed by atoms with Crippen molar-refractivity contribution in [1.29, 1.82) is 0 Å². The Morgan fingerprint density at radius 1 is 1.64 bits per heavy atom. The van der Waals surface area contributed by atoms with Crippen LogP contribution < -0.4 is 5.32 Å². The summed E-state index contributed by atoms with van der Waals surface area (Å²) >= 11 is 0. The number of nitrogens with zero attached hydrogens (tertiary/aromatic N) is 2. The van der Waals surface area contributed by atoms with Gasteiger partial charge in [-0.2, -0.15) is 0 Å². The van der Waals surface area contributed by atoms with E-state index in [-0.39, 0.29) is 6.04 Å². The summed E-state index contributed by atoms with van der Waals surface area (Å²) < 4.78 is 0. The molecule has 1 fully saturated rings. The average molecular weight is 189 g/mol. The lowest BCUT2D eigenvalue weighted by molar-refractivity contribution is 0.905. The van der Waals surface area contributed by atoms with Gasteiger partial charge in [0.05, 0.1) is 0 Å². The van der Waals surface area contributed by atoms with E-state index < -0.39 is 0 Å². The zero-order valence-corrected chi connectivity index (χ0v) is 8.40. The van der Waals surface area contributed by atoms with Gasteiger partial charge >= 0.3 is 0 Å². The molecule has 0 saturated heterocycles. The van der Waals surface area contributed by atoms with Gasteiger partial charge in [0.25, 0.3) is 0 Å². The van der Waals surface area contributed by atoms with Crippen LogP contribution in [0, 0.1) is 0 Å². The number of aromatic nitrogens is 2. The van der Waals surface area contributed by atoms with Gasteiger partial charge in [0.1, 0.15) is 11.6 Å². The van der Waals surface area contributed by atoms with Crippen molar-refractivity contribution in [2.24, 2.45) is 0 Å². The Kier molecular flexibility index (Phi) is 2.48. The fourth-order valence-electron chi connectivity index (χ4n) is 1.28. The lowest BCUT2D eigenvalue weighted by Gasteiger charge is -2.09. The summed E-state index contributed by atoms with van der Waals surface area (Å²) in [5.41, 5.74) is 0. The Labute approximate surface area is 84.3 Å². The summed E-state index contributed by atoms with van der Waals surface area (Å²) in [6.07, 6.45) is 6.15. The predicted octanol–water partition coefficient (Wildman–Crippen LogP) is 2.34. The molecule has 1 aliphatic rings. The maximum atomic E-state index is 4.45. The molecule has 1 aromatic rings. The van der Waals surface area contributed by atoms with Crippen molar-refractivity contribution in [3.63, 3.8) is 0 Å². The van der Waals surface area contributed by atoms with Crippen LogP contribution in [0.3, 0.4) is 0 Å². The summed E-state index contributed by atoms with van der Waals surface area (Å²) in [5.74, 6) is 2.48. The SMILES string of the molecule is C=CC(C)Nc1ccnc(C2CC2)n1. The minimum absolute atomic E-state index is 0.247. The third-order valence-electron chi connectivity index (χ3n) is 2.35. The Morgan fingerprint density at radius 2 is 2.43 bits per heavy atom. The molecule has 3 heteroatoms. The van der Waals surface area contributed by atoms with E-state index in [1.54, 1.807) is 0 Å². The third-order valence-corrected chi connectivity index (χ3v) is 2.35. The number of rotatable bonds is 4. The first kappa shape index (κ1) is 9.19. The largest absolute Gasteiger partial charge is 0.364 e. The van der Waals surface area contributed by atoms with Crippen LogP contribution in [0.5, 0.6) is 0 Å². The first-order chi connectivity index (χ1) is 6.79. The molecule has 0 aromatic carbocycles. The van der Waals surface area contributed by atoms with Crippen LogP contribution in [0.25, 0.3) is 0 Å². The molecule has 1 atom stereocenters. The molecule has 1 aromatic heterocycles. The second-order valence-electron chi connectivity index (χ2n) is 3.74. The number of anilines is 1. The zero-order chi connectivity index (χ0) is 9.97. The Bertz CT molecular complexity index is 331. The second kappa shape index (κ2) is 3.78. The number of nitrogens with one attached hydrogen (secondary N) is 1. The van der Waals surface area contributed by atoms with Crippen molar-refractivity contribution in [2.45, 2.75) is 31.7 Å². The highest BCUT2D eigenvalue weighted by molar-refractivity contribution is 5.36. The highest BCUT2D eigenvalue weighted by atomic mass is 15.0. The molecule has 74 valence electrons. The van der Waals surface area contributed by atoms with Gasteiger partial charge in [-0.15, -0.1) is 6.58 Å². The van der Waals surface area contributed by atoms with E-state index in [0.717, 1.165) is 11.6 Å². The van der Waals surface area contributed by atoms with Gasteiger partial charge in [-0.3, -0.25) is 0 Å². The highest BCUT2D eigenvalue weighted by Gasteiger charge is 2.26. The minimum atomic E-state index is 0.247. The van der Waals surface area contributed by atoms with Crippen LogP contribution in [-0.2, 0) is 0 Å². The normalized spacial score (nSPS) is 17.5. The summed E-state index contributed by atoms with van der Waals surface area (Å²) in [7, 11) is 0. The van der Waals surface area contributed by atoms with Crippen molar-refractivity contribution in [3.8, 4) is 0 Å². The lowest BCUT2D eigenvalue weighted by atomic mass is 10.3. The number of hydrogen-bond donors (Lipinski definition) is 1. The van der Waals surface area contributed by atoms with Crippen LogP contribution in [0.2, 0.25) is 0 Å². The van der Waals surface area contributed by atoms with Crippen LogP contribution in [0.1, 0.15) is 31.5 Å². The molecular formula is C11H15N3. The van der Waals surface area contributed by atoms with Crippen molar-refractivity contribution in [1.82, 2.24) is 9.97 Å². The van der Waals surface area contributed by atoms with E-state index in [2.05, 4.69) is 21.9 Å². The molecule has 0 aliphatic heterocycles. The molecule has 0 spiro atoms. The molecule has 2 rings (SSSR count). The lowest BCUT2D eigenvalue weighted by Crippen LogP contribution is -2.13. The van der Waals surface area contributed by atoms with Gasteiger partial charge in [-0.05, 0) is 25.8 Å². The molecule has 14 heavy (non-hydrogen) atoms. The quantitative estimate of drug-likeness (QED) is 0.739. The van der Waals surface area contributed by atoms with Gasteiger partial charge in [0.15, 0.2) is 0 Å². The Balaban J connectivity index is 2.09. The topological polar surface area (TPSA) is 37.8 Å². The van der Waals surface area contributed by atoms with Crippen LogP contribution >= 0.6 is 0 Å². The van der Waals surface area contributed by atoms with E-state index in [4.69, 9.17) is 0 Å². The first-order valence-electron chi connectivity index (χ1n) is 5.01. The van der Waals surface area contributed by atoms with Crippen molar-refractivity contribution in [2.75, 3.05) is 5.32 Å². The monoisotopic (exact) mass is 189 g/mol. The zero-order valence-electron chi connectivity index (χ0n) is 8.40. The smallest absolute Gasteiger partial charge is 0.133 e. The van der Waals surface area contributed by atoms with Crippen molar-refractivity contribution >= 4 is 5.82 Å². The van der Waals surface area contributed by atoms with Gasteiger partial charge < -0.3 is 5.32 Å². The molecule has 1 saturated carbocycles. The second-order valence-corrected chi connectivity index (χ2v) is 3.74. The maximum Gasteiger partial charge on any atom is 0.133 e. The predicted molar refractivity (Wildman–Crippen MR) is 57.3 cm³/mol. The molecule has 0 radical (unpaired) electrons. The van der Waals surface area contributed by atoms with Gasteiger partial charge in [-0.1, -0.05) is 6.08 Å². The van der Waals surface area contributed by atoms with E-state index in [1.165, 1.54) is 12.8 Å². The van der Waals surface area contributed by atoms with Crippen LogP contribution in [-0.4, -0.2) is 16.0 Å². The molecule has 0 bridgehead atoms. The van der Waals surface area contributed by atoms with Crippen LogP contribution in [0.4, 0.5) is 5.82 Å². The Hall–Kier alpha value is -1.38. The molecule has 3 nitrogen and oxygen atoms in total. The van der Waals surface area contributed by atoms with Gasteiger partial charge in [-0.25, -0.2) is 9.97 Å². The fraction of sp³-hybridized carbons (Fsp3) is 0.455.